The van der Waals surface area contributed by atoms with Crippen molar-refractivity contribution in [1.82, 2.24) is 24.5 Å². The number of halogens is 2. The number of aliphatic hydroxyl groups is 1. The van der Waals surface area contributed by atoms with Crippen LogP contribution in [0.15, 0.2) is 30.6 Å². The lowest BCUT2D eigenvalue weighted by atomic mass is 10.1. The van der Waals surface area contributed by atoms with E-state index >= 15 is 0 Å². The van der Waals surface area contributed by atoms with E-state index < -0.39 is 12.3 Å². The summed E-state index contributed by atoms with van der Waals surface area (Å²) >= 11 is 6.27. The Morgan fingerprint density at radius 1 is 1.33 bits per heavy atom. The summed E-state index contributed by atoms with van der Waals surface area (Å²) in [6, 6.07) is 5.32. The first kappa shape index (κ1) is 17.9. The number of methoxy groups -OCH3 is 1. The van der Waals surface area contributed by atoms with Crippen LogP contribution < -0.4 is 4.74 Å². The standard InChI is InChI=1S/C18H19ClFN5O2/c1-24-9-11(8-21-24)17-22-18(10-6-13(20)15(26)7-10)25(23-17)14-5-3-4-12(19)16(14)27-2/h3-5,8-10,13,15,26H,6-7H2,1-2H3/t10?,13-,15-/m1/s1. The van der Waals surface area contributed by atoms with Crippen LogP contribution in [0.2, 0.25) is 5.02 Å². The summed E-state index contributed by atoms with van der Waals surface area (Å²) in [4.78, 5) is 4.65. The molecule has 1 aliphatic carbocycles. The van der Waals surface area contributed by atoms with Crippen molar-refractivity contribution in [1.29, 1.82) is 0 Å². The molecule has 3 aromatic rings. The minimum absolute atomic E-state index is 0.190. The minimum atomic E-state index is -1.27. The van der Waals surface area contributed by atoms with E-state index in [4.69, 9.17) is 16.3 Å². The third kappa shape index (κ3) is 3.19. The number of nitrogens with zero attached hydrogens (tertiary/aromatic N) is 5. The van der Waals surface area contributed by atoms with E-state index in [2.05, 4.69) is 15.2 Å². The van der Waals surface area contributed by atoms with Gasteiger partial charge in [0.1, 0.15) is 17.7 Å². The fourth-order valence-corrected chi connectivity index (χ4v) is 3.71. The van der Waals surface area contributed by atoms with Gasteiger partial charge in [0.15, 0.2) is 11.6 Å². The van der Waals surface area contributed by atoms with Gasteiger partial charge >= 0.3 is 0 Å². The molecule has 27 heavy (non-hydrogen) atoms. The summed E-state index contributed by atoms with van der Waals surface area (Å²) in [6.45, 7) is 0. The van der Waals surface area contributed by atoms with Crippen LogP contribution in [0, 0.1) is 0 Å². The van der Waals surface area contributed by atoms with Crippen LogP contribution in [-0.4, -0.2) is 49.0 Å². The Hall–Kier alpha value is -2.45. The monoisotopic (exact) mass is 391 g/mol. The predicted octanol–water partition coefficient (Wildman–Crippen LogP) is 2.91. The maximum absolute atomic E-state index is 14.0. The van der Waals surface area contributed by atoms with Crippen molar-refractivity contribution in [3.8, 4) is 22.8 Å². The molecule has 1 saturated carbocycles. The molecule has 0 spiro atoms. The molecular weight excluding hydrogens is 373 g/mol. The Morgan fingerprint density at radius 2 is 2.15 bits per heavy atom. The average molecular weight is 392 g/mol. The number of benzene rings is 1. The number of aromatic nitrogens is 5. The lowest BCUT2D eigenvalue weighted by Gasteiger charge is -2.14. The van der Waals surface area contributed by atoms with Crippen LogP contribution in [0.25, 0.3) is 17.1 Å². The Bertz CT molecular complexity index is 963. The zero-order valence-electron chi connectivity index (χ0n) is 14.9. The number of aryl methyl sites for hydroxylation is 1. The minimum Gasteiger partial charge on any atom is -0.493 e. The van der Waals surface area contributed by atoms with Gasteiger partial charge in [-0.1, -0.05) is 17.7 Å². The highest BCUT2D eigenvalue weighted by molar-refractivity contribution is 6.32. The lowest BCUT2D eigenvalue weighted by molar-refractivity contribution is 0.103. The van der Waals surface area contributed by atoms with Gasteiger partial charge in [-0.25, -0.2) is 14.1 Å². The van der Waals surface area contributed by atoms with Crippen molar-refractivity contribution in [3.05, 3.63) is 41.4 Å². The van der Waals surface area contributed by atoms with Crippen LogP contribution in [0.3, 0.4) is 0 Å². The molecule has 1 aliphatic rings. The first-order chi connectivity index (χ1) is 13.0. The van der Waals surface area contributed by atoms with Gasteiger partial charge < -0.3 is 9.84 Å². The molecule has 2 heterocycles. The number of hydrogen-bond donors (Lipinski definition) is 1. The number of alkyl halides is 1. The third-order valence-electron chi connectivity index (χ3n) is 4.79. The van der Waals surface area contributed by atoms with Crippen molar-refractivity contribution >= 4 is 11.6 Å². The Balaban J connectivity index is 1.87. The van der Waals surface area contributed by atoms with Crippen LogP contribution in [0.5, 0.6) is 5.75 Å². The highest BCUT2D eigenvalue weighted by Gasteiger charge is 2.37. The molecule has 0 saturated heterocycles. The molecule has 0 amide bonds. The van der Waals surface area contributed by atoms with Gasteiger partial charge in [0, 0.05) is 19.2 Å². The van der Waals surface area contributed by atoms with Crippen molar-refractivity contribution < 1.29 is 14.2 Å². The van der Waals surface area contributed by atoms with Gasteiger partial charge in [-0.3, -0.25) is 4.68 Å². The van der Waals surface area contributed by atoms with Gasteiger partial charge in [-0.05, 0) is 25.0 Å². The van der Waals surface area contributed by atoms with Gasteiger partial charge in [0.25, 0.3) is 0 Å². The van der Waals surface area contributed by atoms with E-state index in [1.807, 2.05) is 13.1 Å². The van der Waals surface area contributed by atoms with E-state index in [1.54, 1.807) is 33.9 Å². The van der Waals surface area contributed by atoms with Gasteiger partial charge in [0.2, 0.25) is 0 Å². The molecule has 0 radical (unpaired) electrons. The Morgan fingerprint density at radius 3 is 2.78 bits per heavy atom. The molecule has 9 heteroatoms. The molecule has 3 atom stereocenters. The number of hydrogen-bond acceptors (Lipinski definition) is 5. The van der Waals surface area contributed by atoms with Crippen molar-refractivity contribution in [2.75, 3.05) is 7.11 Å². The van der Waals surface area contributed by atoms with Crippen LogP contribution in [-0.2, 0) is 7.05 Å². The summed E-state index contributed by atoms with van der Waals surface area (Å²) in [6.07, 6.45) is 1.68. The summed E-state index contributed by atoms with van der Waals surface area (Å²) in [5.74, 6) is 1.22. The van der Waals surface area contributed by atoms with Gasteiger partial charge in [0.05, 0.1) is 30.0 Å². The summed E-state index contributed by atoms with van der Waals surface area (Å²) in [7, 11) is 3.34. The summed E-state index contributed by atoms with van der Waals surface area (Å²) < 4.78 is 22.7. The molecule has 0 bridgehead atoms. The maximum atomic E-state index is 14.0. The SMILES string of the molecule is COc1c(Cl)cccc1-n1nc(-c2cnn(C)c2)nc1C1C[C@@H](O)[C@H](F)C1. The molecular formula is C18H19ClFN5O2. The lowest BCUT2D eigenvalue weighted by Crippen LogP contribution is -2.12. The zero-order chi connectivity index (χ0) is 19.1. The quantitative estimate of drug-likeness (QED) is 0.739. The second-order valence-corrected chi connectivity index (χ2v) is 7.06. The number of rotatable bonds is 4. The van der Waals surface area contributed by atoms with Gasteiger partial charge in [-0.2, -0.15) is 5.10 Å². The largest absolute Gasteiger partial charge is 0.493 e. The van der Waals surface area contributed by atoms with Crippen molar-refractivity contribution in [2.24, 2.45) is 7.05 Å². The number of ether oxygens (including phenoxy) is 1. The summed E-state index contributed by atoms with van der Waals surface area (Å²) in [5.41, 5.74) is 1.35. The Labute approximate surface area is 160 Å². The highest BCUT2D eigenvalue weighted by Crippen LogP contribution is 2.39. The van der Waals surface area contributed by atoms with Crippen LogP contribution >= 0.6 is 11.6 Å². The van der Waals surface area contributed by atoms with Crippen LogP contribution in [0.1, 0.15) is 24.6 Å². The van der Waals surface area contributed by atoms with Gasteiger partial charge in [-0.15, -0.1) is 5.10 Å². The molecule has 1 N–H and O–H groups in total. The smallest absolute Gasteiger partial charge is 0.185 e. The Kier molecular flexibility index (Phi) is 4.61. The predicted molar refractivity (Wildman–Crippen MR) is 98.0 cm³/mol. The molecule has 4 rings (SSSR count). The van der Waals surface area contributed by atoms with E-state index in [-0.39, 0.29) is 18.8 Å². The second-order valence-electron chi connectivity index (χ2n) is 6.65. The number of para-hydroxylation sites is 1. The highest BCUT2D eigenvalue weighted by atomic mass is 35.5. The molecule has 2 aromatic heterocycles. The molecule has 7 nitrogen and oxygen atoms in total. The molecule has 0 aliphatic heterocycles. The van der Waals surface area contributed by atoms with Crippen molar-refractivity contribution in [2.45, 2.75) is 31.0 Å². The molecule has 1 fully saturated rings. The first-order valence-corrected chi connectivity index (χ1v) is 8.96. The molecule has 142 valence electrons. The summed E-state index contributed by atoms with van der Waals surface area (Å²) in [5, 5.41) is 19.1. The van der Waals surface area contributed by atoms with E-state index in [0.29, 0.717) is 28.1 Å². The topological polar surface area (TPSA) is 78.0 Å². The van der Waals surface area contributed by atoms with Crippen molar-refractivity contribution in [3.63, 3.8) is 0 Å². The van der Waals surface area contributed by atoms with E-state index in [9.17, 15) is 9.50 Å². The zero-order valence-corrected chi connectivity index (χ0v) is 15.6. The van der Waals surface area contributed by atoms with Crippen LogP contribution in [0.4, 0.5) is 4.39 Å². The fraction of sp³-hybridized carbons (Fsp3) is 0.389. The second kappa shape index (κ2) is 6.94. The maximum Gasteiger partial charge on any atom is 0.185 e. The average Bonchev–Trinajstić information content (AvgIpc) is 3.34. The van der Waals surface area contributed by atoms with E-state index in [1.165, 1.54) is 7.11 Å². The normalized spacial score (nSPS) is 22.3. The number of aliphatic hydroxyl groups excluding tert-OH is 1. The third-order valence-corrected chi connectivity index (χ3v) is 5.09. The van der Waals surface area contributed by atoms with E-state index in [0.717, 1.165) is 5.56 Å². The molecule has 1 unspecified atom stereocenters. The first-order valence-electron chi connectivity index (χ1n) is 8.59. The molecule has 1 aromatic carbocycles. The fourth-order valence-electron chi connectivity index (χ4n) is 3.47.